The van der Waals surface area contributed by atoms with Crippen LogP contribution in [0.4, 0.5) is 0 Å². The third-order valence-corrected chi connectivity index (χ3v) is 2.09. The van der Waals surface area contributed by atoms with E-state index < -0.39 is 11.8 Å². The van der Waals surface area contributed by atoms with E-state index in [1.165, 1.54) is 0 Å². The maximum absolute atomic E-state index is 11.2. The van der Waals surface area contributed by atoms with Gasteiger partial charge < -0.3 is 0 Å². The highest BCUT2D eigenvalue weighted by atomic mass is 32.1. The molecule has 0 fully saturated rings. The first-order valence-corrected chi connectivity index (χ1v) is 3.73. The summed E-state index contributed by atoms with van der Waals surface area (Å²) in [6.07, 6.45) is 0. The van der Waals surface area contributed by atoms with Crippen molar-refractivity contribution in [1.29, 1.82) is 0 Å². The quantitative estimate of drug-likeness (QED) is 0.563. The number of hydrogen-bond donors (Lipinski definition) is 0. The molecular formula is C8H4NO2S. The number of benzene rings is 1. The van der Waals surface area contributed by atoms with Gasteiger partial charge in [0.1, 0.15) is 0 Å². The van der Waals surface area contributed by atoms with Crippen molar-refractivity contribution < 1.29 is 9.59 Å². The van der Waals surface area contributed by atoms with Crippen molar-refractivity contribution in [2.75, 3.05) is 0 Å². The molecule has 2 rings (SSSR count). The van der Waals surface area contributed by atoms with E-state index >= 15 is 0 Å². The highest BCUT2D eigenvalue weighted by molar-refractivity contribution is 7.79. The fourth-order valence-electron chi connectivity index (χ4n) is 1.17. The lowest BCUT2D eigenvalue weighted by Gasteiger charge is -1.98. The lowest BCUT2D eigenvalue weighted by Crippen LogP contribution is -2.18. The molecule has 1 radical (unpaired) electrons. The highest BCUT2D eigenvalue weighted by Gasteiger charge is 2.33. The van der Waals surface area contributed by atoms with Gasteiger partial charge in [0, 0.05) is 0 Å². The summed E-state index contributed by atoms with van der Waals surface area (Å²) in [6, 6.07) is 6.61. The molecule has 0 aromatic heterocycles. The van der Waals surface area contributed by atoms with E-state index in [1.807, 2.05) is 0 Å². The summed E-state index contributed by atoms with van der Waals surface area (Å²) < 4.78 is 0.713. The van der Waals surface area contributed by atoms with Gasteiger partial charge in [-0.05, 0) is 12.1 Å². The molecule has 0 atom stereocenters. The van der Waals surface area contributed by atoms with Crippen LogP contribution in [0, 0.1) is 0 Å². The zero-order chi connectivity index (χ0) is 8.72. The molecule has 0 saturated carbocycles. The van der Waals surface area contributed by atoms with E-state index in [2.05, 4.69) is 12.8 Å². The Morgan fingerprint density at radius 2 is 1.42 bits per heavy atom. The molecule has 59 valence electrons. The Morgan fingerprint density at radius 3 is 1.83 bits per heavy atom. The van der Waals surface area contributed by atoms with Gasteiger partial charge in [0.05, 0.1) is 23.9 Å². The number of carbonyl (C=O) groups excluding carboxylic acids is 2. The standard InChI is InChI=1S/C8H4NO2S/c10-7-5-3-1-2-4-6(5)8(11)9(7)12/h1-4H. The second kappa shape index (κ2) is 2.35. The molecule has 0 saturated heterocycles. The largest absolute Gasteiger partial charge is 0.272 e. The summed E-state index contributed by atoms with van der Waals surface area (Å²) in [5.74, 6) is -0.795. The molecule has 0 unspecified atom stereocenters. The zero-order valence-electron chi connectivity index (χ0n) is 5.98. The molecular weight excluding hydrogens is 174 g/mol. The normalized spacial score (nSPS) is 15.2. The van der Waals surface area contributed by atoms with Crippen molar-refractivity contribution >= 4 is 24.6 Å². The average molecular weight is 178 g/mol. The predicted molar refractivity (Wildman–Crippen MR) is 44.5 cm³/mol. The molecule has 0 N–H and O–H groups in total. The number of nitrogens with zero attached hydrogens (tertiary/aromatic N) is 1. The first-order valence-electron chi connectivity index (χ1n) is 3.37. The minimum absolute atomic E-state index is 0.398. The smallest absolute Gasteiger partial charge is 0.268 e. The van der Waals surface area contributed by atoms with Crippen molar-refractivity contribution in [3.8, 4) is 0 Å². The number of fused-ring (bicyclic) bond motifs is 1. The van der Waals surface area contributed by atoms with Gasteiger partial charge in [0.15, 0.2) is 0 Å². The number of rotatable bonds is 0. The molecule has 12 heavy (non-hydrogen) atoms. The molecule has 0 bridgehead atoms. The maximum atomic E-state index is 11.2. The van der Waals surface area contributed by atoms with Crippen LogP contribution in [0.3, 0.4) is 0 Å². The second-order valence-corrected chi connectivity index (χ2v) is 2.82. The molecule has 0 spiro atoms. The Hall–Kier alpha value is -1.29. The van der Waals surface area contributed by atoms with Crippen molar-refractivity contribution in [3.05, 3.63) is 35.4 Å². The highest BCUT2D eigenvalue weighted by Crippen LogP contribution is 2.23. The Kier molecular flexibility index (Phi) is 1.44. The van der Waals surface area contributed by atoms with E-state index in [-0.39, 0.29) is 0 Å². The monoisotopic (exact) mass is 178 g/mol. The fraction of sp³-hybridized carbons (Fsp3) is 0. The van der Waals surface area contributed by atoms with Gasteiger partial charge in [-0.15, -0.1) is 0 Å². The van der Waals surface area contributed by atoms with Crippen LogP contribution in [-0.2, 0) is 0 Å². The van der Waals surface area contributed by atoms with Crippen LogP contribution in [0.15, 0.2) is 24.3 Å². The molecule has 1 aliphatic rings. The van der Waals surface area contributed by atoms with Gasteiger partial charge in [0.2, 0.25) is 0 Å². The average Bonchev–Trinajstić information content (AvgIpc) is 2.33. The van der Waals surface area contributed by atoms with E-state index in [0.717, 1.165) is 0 Å². The van der Waals surface area contributed by atoms with Gasteiger partial charge in [-0.25, -0.2) is 4.31 Å². The van der Waals surface area contributed by atoms with Crippen LogP contribution in [0.2, 0.25) is 0 Å². The molecule has 3 nitrogen and oxygen atoms in total. The SMILES string of the molecule is O=C1c2ccccc2C(=O)N1[S]. The van der Waals surface area contributed by atoms with Crippen LogP contribution in [-0.4, -0.2) is 16.1 Å². The number of hydrogen-bond acceptors (Lipinski definition) is 2. The molecule has 1 aliphatic heterocycles. The van der Waals surface area contributed by atoms with E-state index in [4.69, 9.17) is 0 Å². The van der Waals surface area contributed by atoms with Gasteiger partial charge in [-0.3, -0.25) is 9.59 Å². The minimum atomic E-state index is -0.398. The van der Waals surface area contributed by atoms with E-state index in [9.17, 15) is 9.59 Å². The Morgan fingerprint density at radius 1 is 1.00 bits per heavy atom. The summed E-state index contributed by atoms with van der Waals surface area (Å²) >= 11 is 4.59. The van der Waals surface area contributed by atoms with Gasteiger partial charge in [-0.2, -0.15) is 0 Å². The third kappa shape index (κ3) is 0.783. The minimum Gasteiger partial charge on any atom is -0.268 e. The van der Waals surface area contributed by atoms with Crippen LogP contribution in [0.1, 0.15) is 20.7 Å². The van der Waals surface area contributed by atoms with Crippen molar-refractivity contribution in [1.82, 2.24) is 4.31 Å². The second-order valence-electron chi connectivity index (χ2n) is 2.45. The molecule has 2 amide bonds. The lowest BCUT2D eigenvalue weighted by atomic mass is 10.1. The van der Waals surface area contributed by atoms with Crippen molar-refractivity contribution in [2.45, 2.75) is 0 Å². The summed E-state index contributed by atoms with van der Waals surface area (Å²) in [6.45, 7) is 0. The fourth-order valence-corrected chi connectivity index (χ4v) is 1.36. The van der Waals surface area contributed by atoms with Crippen molar-refractivity contribution in [2.24, 2.45) is 0 Å². The Labute approximate surface area is 74.5 Å². The summed E-state index contributed by atoms with van der Waals surface area (Å²) in [4.78, 5) is 22.4. The van der Waals surface area contributed by atoms with Crippen LogP contribution in [0.5, 0.6) is 0 Å². The van der Waals surface area contributed by atoms with Crippen molar-refractivity contribution in [3.63, 3.8) is 0 Å². The van der Waals surface area contributed by atoms with Gasteiger partial charge in [0.25, 0.3) is 11.8 Å². The summed E-state index contributed by atoms with van der Waals surface area (Å²) in [5, 5.41) is 0. The maximum Gasteiger partial charge on any atom is 0.272 e. The van der Waals surface area contributed by atoms with Gasteiger partial charge in [-0.1, -0.05) is 12.1 Å². The first-order chi connectivity index (χ1) is 5.72. The van der Waals surface area contributed by atoms with Crippen LogP contribution in [0.25, 0.3) is 0 Å². The van der Waals surface area contributed by atoms with Crippen LogP contribution < -0.4 is 0 Å². The first kappa shape index (κ1) is 7.36. The van der Waals surface area contributed by atoms with E-state index in [1.54, 1.807) is 24.3 Å². The number of amides is 2. The third-order valence-electron chi connectivity index (χ3n) is 1.76. The molecule has 1 heterocycles. The predicted octanol–water partition coefficient (Wildman–Crippen LogP) is 1.40. The zero-order valence-corrected chi connectivity index (χ0v) is 6.80. The number of imide groups is 1. The molecule has 4 heteroatoms. The van der Waals surface area contributed by atoms with E-state index in [0.29, 0.717) is 15.4 Å². The molecule has 1 aromatic carbocycles. The Bertz CT molecular complexity index is 340. The summed E-state index contributed by atoms with van der Waals surface area (Å²) in [5.41, 5.74) is 0.801. The topological polar surface area (TPSA) is 37.4 Å². The number of carbonyl (C=O) groups is 2. The van der Waals surface area contributed by atoms with Gasteiger partial charge >= 0.3 is 0 Å². The van der Waals surface area contributed by atoms with Crippen LogP contribution >= 0.6 is 12.8 Å². The molecule has 1 aromatic rings. The lowest BCUT2D eigenvalue weighted by molar-refractivity contribution is 0.0779. The Balaban J connectivity index is 2.67. The summed E-state index contributed by atoms with van der Waals surface area (Å²) in [7, 11) is 0. The molecule has 0 aliphatic carbocycles.